The second-order valence-corrected chi connectivity index (χ2v) is 3.64. The van der Waals surface area contributed by atoms with E-state index in [1.165, 1.54) is 5.56 Å². The van der Waals surface area contributed by atoms with Gasteiger partial charge in [0.15, 0.2) is 0 Å². The molecule has 68 valence electrons. The fraction of sp³-hybridized carbons (Fsp3) is 0.375. The topological polar surface area (TPSA) is 43.1 Å². The number of hydrogen-bond donors (Lipinski definition) is 0. The van der Waals surface area contributed by atoms with E-state index in [1.54, 1.807) is 0 Å². The van der Waals surface area contributed by atoms with Crippen molar-refractivity contribution in [2.24, 2.45) is 0 Å². The van der Waals surface area contributed by atoms with E-state index >= 15 is 0 Å². The molecule has 0 N–H and O–H groups in total. The van der Waals surface area contributed by atoms with E-state index in [2.05, 4.69) is 24.4 Å². The van der Waals surface area contributed by atoms with Gasteiger partial charge < -0.3 is 0 Å². The zero-order valence-corrected chi connectivity index (χ0v) is 9.02. The monoisotopic (exact) mass is 194 g/mol. The van der Waals surface area contributed by atoms with E-state index in [1.807, 2.05) is 25.2 Å². The smallest absolute Gasteiger partial charge is 0.255 e. The average molecular weight is 194 g/mol. The largest absolute Gasteiger partial charge is 0.268 e. The van der Waals surface area contributed by atoms with Crippen molar-refractivity contribution < 1.29 is 0 Å². The number of hydrogen-bond acceptors (Lipinski definition) is 3. The maximum absolute atomic E-state index is 4.31. The predicted molar refractivity (Wildman–Crippen MR) is 54.3 cm³/mol. The number of fused-ring (bicyclic) bond motifs is 1. The van der Waals surface area contributed by atoms with Crippen molar-refractivity contribution in [1.29, 1.82) is 0 Å². The Labute approximate surface area is 78.6 Å². The molecule has 2 aromatic rings. The molecule has 4 nitrogen and oxygen atoms in total. The molecule has 0 fully saturated rings. The Morgan fingerprint density at radius 1 is 1.15 bits per heavy atom. The Morgan fingerprint density at radius 3 is 2.54 bits per heavy atom. The first kappa shape index (κ1) is 8.57. The molecule has 2 heterocycles. The molecule has 0 aliphatic rings. The number of aryl methyl sites for hydroxylation is 2. The maximum atomic E-state index is 4.31. The van der Waals surface area contributed by atoms with Gasteiger partial charge in [-0.05, 0) is 26.3 Å². The highest BCUT2D eigenvalue weighted by Crippen LogP contribution is 2.09. The van der Waals surface area contributed by atoms with Crippen molar-refractivity contribution in [3.8, 4) is 0 Å². The fourth-order valence-corrected chi connectivity index (χ4v) is 1.69. The van der Waals surface area contributed by atoms with Crippen LogP contribution in [0.25, 0.3) is 5.78 Å². The van der Waals surface area contributed by atoms with Crippen molar-refractivity contribution in [2.75, 3.05) is 0 Å². The lowest BCUT2D eigenvalue weighted by atomic mass is 10.3. The molecule has 1 atom stereocenters. The third kappa shape index (κ3) is 1.13. The summed E-state index contributed by atoms with van der Waals surface area (Å²) in [5.74, 6) is 1.55. The van der Waals surface area contributed by atoms with Crippen LogP contribution >= 0.6 is 9.24 Å². The normalized spacial score (nSPS) is 11.1. The summed E-state index contributed by atoms with van der Waals surface area (Å²) in [6, 6.07) is 0. The van der Waals surface area contributed by atoms with Crippen LogP contribution in [0.15, 0.2) is 0 Å². The van der Waals surface area contributed by atoms with Gasteiger partial charge in [-0.3, -0.25) is 4.40 Å². The summed E-state index contributed by atoms with van der Waals surface area (Å²) in [6.45, 7) is 6.02. The van der Waals surface area contributed by atoms with Crippen LogP contribution in [-0.4, -0.2) is 19.6 Å². The standard InChI is InChI=1S/C8H11N4P/c1-4-5(2)12-6(3)10-11-8(12)9-7(4)13/h13H2,1-3H3. The third-order valence-corrected chi connectivity index (χ3v) is 2.85. The molecule has 0 saturated heterocycles. The summed E-state index contributed by atoms with van der Waals surface area (Å²) in [7, 11) is 2.61. The van der Waals surface area contributed by atoms with Crippen LogP contribution in [0, 0.1) is 20.8 Å². The molecule has 13 heavy (non-hydrogen) atoms. The van der Waals surface area contributed by atoms with Crippen LogP contribution in [0.1, 0.15) is 17.1 Å². The molecule has 0 aliphatic carbocycles. The highest BCUT2D eigenvalue weighted by molar-refractivity contribution is 7.27. The molecule has 5 heteroatoms. The first-order valence-electron chi connectivity index (χ1n) is 4.05. The second kappa shape index (κ2) is 2.74. The predicted octanol–water partition coefficient (Wildman–Crippen LogP) is 0.550. The molecule has 1 unspecified atom stereocenters. The van der Waals surface area contributed by atoms with Crippen LogP contribution in [0.2, 0.25) is 0 Å². The van der Waals surface area contributed by atoms with E-state index in [4.69, 9.17) is 0 Å². The Balaban J connectivity index is 2.97. The van der Waals surface area contributed by atoms with Crippen molar-refractivity contribution >= 4 is 20.5 Å². The Morgan fingerprint density at radius 2 is 1.85 bits per heavy atom. The van der Waals surface area contributed by atoms with Crippen molar-refractivity contribution in [3.63, 3.8) is 0 Å². The minimum Gasteiger partial charge on any atom is -0.268 e. The summed E-state index contributed by atoms with van der Waals surface area (Å²) >= 11 is 0. The minimum atomic E-state index is 0.672. The van der Waals surface area contributed by atoms with Crippen molar-refractivity contribution in [3.05, 3.63) is 17.1 Å². The van der Waals surface area contributed by atoms with E-state index in [0.29, 0.717) is 5.78 Å². The molecule has 2 rings (SSSR count). The summed E-state index contributed by atoms with van der Waals surface area (Å²) in [5.41, 5.74) is 3.26. The zero-order valence-electron chi connectivity index (χ0n) is 7.87. The number of nitrogens with zero attached hydrogens (tertiary/aromatic N) is 4. The van der Waals surface area contributed by atoms with Gasteiger partial charge in [-0.2, -0.15) is 0 Å². The molecule has 0 spiro atoms. The molecule has 0 aliphatic heterocycles. The summed E-state index contributed by atoms with van der Waals surface area (Å²) in [5, 5.41) is 7.95. The Hall–Kier alpha value is -1.02. The molecule has 0 aromatic carbocycles. The van der Waals surface area contributed by atoms with Gasteiger partial charge in [0.2, 0.25) is 0 Å². The van der Waals surface area contributed by atoms with Crippen LogP contribution in [0.5, 0.6) is 0 Å². The molecule has 2 aromatic heterocycles. The first-order chi connectivity index (χ1) is 6.11. The average Bonchev–Trinajstić information content (AvgIpc) is 2.43. The van der Waals surface area contributed by atoms with Gasteiger partial charge in [-0.15, -0.1) is 10.2 Å². The van der Waals surface area contributed by atoms with E-state index in [9.17, 15) is 0 Å². The summed E-state index contributed by atoms with van der Waals surface area (Å²) in [6.07, 6.45) is 0. The van der Waals surface area contributed by atoms with Crippen LogP contribution in [0.3, 0.4) is 0 Å². The SMILES string of the molecule is Cc1c(P)nc2nnc(C)n2c1C. The van der Waals surface area contributed by atoms with E-state index in [-0.39, 0.29) is 0 Å². The molecule has 0 radical (unpaired) electrons. The quantitative estimate of drug-likeness (QED) is 0.575. The van der Waals surface area contributed by atoms with Gasteiger partial charge in [-0.1, -0.05) is 9.24 Å². The van der Waals surface area contributed by atoms with Crippen LogP contribution < -0.4 is 5.44 Å². The minimum absolute atomic E-state index is 0.672. The second-order valence-electron chi connectivity index (χ2n) is 3.09. The molecule has 0 bridgehead atoms. The van der Waals surface area contributed by atoms with Crippen molar-refractivity contribution in [1.82, 2.24) is 19.6 Å². The summed E-state index contributed by atoms with van der Waals surface area (Å²) < 4.78 is 1.96. The number of rotatable bonds is 0. The molecular formula is C8H11N4P. The molecule has 0 saturated carbocycles. The Kier molecular flexibility index (Phi) is 1.81. The fourth-order valence-electron chi connectivity index (χ4n) is 1.36. The molecule has 0 amide bonds. The van der Waals surface area contributed by atoms with Gasteiger partial charge in [0, 0.05) is 5.69 Å². The van der Waals surface area contributed by atoms with E-state index < -0.39 is 0 Å². The van der Waals surface area contributed by atoms with Gasteiger partial charge in [0.05, 0.1) is 5.44 Å². The lowest BCUT2D eigenvalue weighted by molar-refractivity contribution is 0.961. The molecular weight excluding hydrogens is 183 g/mol. The van der Waals surface area contributed by atoms with E-state index in [0.717, 1.165) is 17.0 Å². The lowest BCUT2D eigenvalue weighted by Crippen LogP contribution is -2.11. The van der Waals surface area contributed by atoms with Gasteiger partial charge >= 0.3 is 0 Å². The van der Waals surface area contributed by atoms with Gasteiger partial charge in [0.25, 0.3) is 5.78 Å². The van der Waals surface area contributed by atoms with Crippen molar-refractivity contribution in [2.45, 2.75) is 20.8 Å². The van der Waals surface area contributed by atoms with Gasteiger partial charge in [-0.25, -0.2) is 4.98 Å². The third-order valence-electron chi connectivity index (χ3n) is 2.29. The first-order valence-corrected chi connectivity index (χ1v) is 4.63. The summed E-state index contributed by atoms with van der Waals surface area (Å²) in [4.78, 5) is 4.31. The lowest BCUT2D eigenvalue weighted by Gasteiger charge is -2.06. The van der Waals surface area contributed by atoms with Crippen LogP contribution in [-0.2, 0) is 0 Å². The Bertz CT molecular complexity index is 474. The zero-order chi connectivity index (χ0) is 9.59. The maximum Gasteiger partial charge on any atom is 0.255 e. The van der Waals surface area contributed by atoms with Crippen LogP contribution in [0.4, 0.5) is 0 Å². The highest BCUT2D eigenvalue weighted by atomic mass is 31.0. The highest BCUT2D eigenvalue weighted by Gasteiger charge is 2.08. The van der Waals surface area contributed by atoms with Gasteiger partial charge in [0.1, 0.15) is 5.82 Å². The number of aromatic nitrogens is 4.